The van der Waals surface area contributed by atoms with Gasteiger partial charge in [-0.15, -0.1) is 23.7 Å². The highest BCUT2D eigenvalue weighted by Gasteiger charge is 2.20. The SMILES string of the molecule is CCC(C)C(N)C(=O)NCC(O)c1cc2ccccc2s1.Cl. The van der Waals surface area contributed by atoms with Gasteiger partial charge >= 0.3 is 0 Å². The van der Waals surface area contributed by atoms with Gasteiger partial charge in [0.05, 0.1) is 6.04 Å². The summed E-state index contributed by atoms with van der Waals surface area (Å²) in [6, 6.07) is 9.42. The number of hydrogen-bond donors (Lipinski definition) is 3. The number of thiophene rings is 1. The molecule has 1 aromatic heterocycles. The first-order valence-corrected chi connectivity index (χ1v) is 8.04. The average Bonchev–Trinajstić information content (AvgIpc) is 2.94. The Balaban J connectivity index is 0.00000242. The zero-order chi connectivity index (χ0) is 15.4. The van der Waals surface area contributed by atoms with Crippen LogP contribution in [0.15, 0.2) is 30.3 Å². The number of fused-ring (bicyclic) bond motifs is 1. The van der Waals surface area contributed by atoms with Crippen LogP contribution in [0.5, 0.6) is 0 Å². The van der Waals surface area contributed by atoms with Crippen molar-refractivity contribution in [3.8, 4) is 0 Å². The highest BCUT2D eigenvalue weighted by atomic mass is 35.5. The lowest BCUT2D eigenvalue weighted by Crippen LogP contribution is -2.45. The normalized spacial score (nSPS) is 14.9. The van der Waals surface area contributed by atoms with Crippen LogP contribution < -0.4 is 11.1 Å². The summed E-state index contributed by atoms with van der Waals surface area (Å²) in [7, 11) is 0. The number of carbonyl (C=O) groups is 1. The number of aliphatic hydroxyl groups is 1. The number of carbonyl (C=O) groups excluding carboxylic acids is 1. The van der Waals surface area contributed by atoms with Crippen molar-refractivity contribution in [1.29, 1.82) is 0 Å². The predicted molar refractivity (Wildman–Crippen MR) is 94.5 cm³/mol. The van der Waals surface area contributed by atoms with E-state index in [1.807, 2.05) is 44.2 Å². The molecule has 1 heterocycles. The van der Waals surface area contributed by atoms with Gasteiger partial charge in [-0.1, -0.05) is 38.5 Å². The zero-order valence-corrected chi connectivity index (χ0v) is 14.4. The molecule has 0 radical (unpaired) electrons. The summed E-state index contributed by atoms with van der Waals surface area (Å²) in [5.74, 6) is -0.0732. The molecule has 4 nitrogen and oxygen atoms in total. The molecular formula is C16H23ClN2O2S. The lowest BCUT2D eigenvalue weighted by molar-refractivity contribution is -0.123. The molecule has 6 heteroatoms. The molecule has 122 valence electrons. The lowest BCUT2D eigenvalue weighted by Gasteiger charge is -2.18. The summed E-state index contributed by atoms with van der Waals surface area (Å²) >= 11 is 1.54. The Bertz CT molecular complexity index is 584. The zero-order valence-electron chi connectivity index (χ0n) is 12.8. The number of aliphatic hydroxyl groups excluding tert-OH is 1. The van der Waals surface area contributed by atoms with Crippen LogP contribution in [0.2, 0.25) is 0 Å². The van der Waals surface area contributed by atoms with Gasteiger partial charge < -0.3 is 16.2 Å². The molecule has 3 unspecified atom stereocenters. The van der Waals surface area contributed by atoms with E-state index in [2.05, 4.69) is 5.32 Å². The first-order chi connectivity index (χ1) is 10.0. The Kier molecular flexibility index (Phi) is 7.29. The number of nitrogens with two attached hydrogens (primary N) is 1. The second-order valence-corrected chi connectivity index (χ2v) is 6.47. The maximum Gasteiger partial charge on any atom is 0.237 e. The molecular weight excluding hydrogens is 320 g/mol. The second kappa shape index (κ2) is 8.48. The predicted octanol–water partition coefficient (Wildman–Crippen LogP) is 2.85. The minimum absolute atomic E-state index is 0. The van der Waals surface area contributed by atoms with Gasteiger partial charge in [0.1, 0.15) is 6.10 Å². The molecule has 0 saturated heterocycles. The van der Waals surface area contributed by atoms with Crippen molar-refractivity contribution in [3.63, 3.8) is 0 Å². The molecule has 2 aromatic rings. The van der Waals surface area contributed by atoms with E-state index in [-0.39, 0.29) is 30.8 Å². The third-order valence-corrected chi connectivity index (χ3v) is 5.02. The van der Waals surface area contributed by atoms with E-state index in [0.717, 1.165) is 21.4 Å². The molecule has 0 saturated carbocycles. The summed E-state index contributed by atoms with van der Waals surface area (Å²) in [5, 5.41) is 14.0. The maximum absolute atomic E-state index is 11.9. The van der Waals surface area contributed by atoms with Crippen molar-refractivity contribution in [2.75, 3.05) is 6.54 Å². The molecule has 0 fully saturated rings. The number of amides is 1. The van der Waals surface area contributed by atoms with Crippen LogP contribution in [0.3, 0.4) is 0 Å². The van der Waals surface area contributed by atoms with Crippen molar-refractivity contribution in [2.24, 2.45) is 11.7 Å². The molecule has 1 aromatic carbocycles. The summed E-state index contributed by atoms with van der Waals surface area (Å²) in [5.41, 5.74) is 5.87. The summed E-state index contributed by atoms with van der Waals surface area (Å²) in [6.45, 7) is 4.15. The van der Waals surface area contributed by atoms with Gasteiger partial charge in [-0.3, -0.25) is 4.79 Å². The fourth-order valence-electron chi connectivity index (χ4n) is 2.09. The van der Waals surface area contributed by atoms with Gasteiger partial charge in [0.25, 0.3) is 0 Å². The number of hydrogen-bond acceptors (Lipinski definition) is 4. The summed E-state index contributed by atoms with van der Waals surface area (Å²) < 4.78 is 1.13. The van der Waals surface area contributed by atoms with Crippen molar-refractivity contribution < 1.29 is 9.90 Å². The van der Waals surface area contributed by atoms with E-state index < -0.39 is 12.1 Å². The smallest absolute Gasteiger partial charge is 0.237 e. The minimum atomic E-state index is -0.699. The van der Waals surface area contributed by atoms with Crippen molar-refractivity contribution in [3.05, 3.63) is 35.2 Å². The molecule has 4 N–H and O–H groups in total. The molecule has 0 aliphatic rings. The highest BCUT2D eigenvalue weighted by Crippen LogP contribution is 2.29. The van der Waals surface area contributed by atoms with Crippen molar-refractivity contribution in [1.82, 2.24) is 5.32 Å². The van der Waals surface area contributed by atoms with Gasteiger partial charge in [0.2, 0.25) is 5.91 Å². The van der Waals surface area contributed by atoms with Crippen LogP contribution >= 0.6 is 23.7 Å². The van der Waals surface area contributed by atoms with Crippen molar-refractivity contribution in [2.45, 2.75) is 32.4 Å². The van der Waals surface area contributed by atoms with Crippen LogP contribution in [-0.2, 0) is 4.79 Å². The molecule has 2 rings (SSSR count). The number of benzene rings is 1. The number of halogens is 1. The molecule has 0 spiro atoms. The van der Waals surface area contributed by atoms with Gasteiger partial charge in [-0.25, -0.2) is 0 Å². The van der Waals surface area contributed by atoms with Crippen molar-refractivity contribution >= 4 is 39.7 Å². The Morgan fingerprint density at radius 3 is 2.73 bits per heavy atom. The maximum atomic E-state index is 11.9. The highest BCUT2D eigenvalue weighted by molar-refractivity contribution is 7.19. The van der Waals surface area contributed by atoms with E-state index in [4.69, 9.17) is 5.73 Å². The van der Waals surface area contributed by atoms with Crippen LogP contribution in [0.4, 0.5) is 0 Å². The van der Waals surface area contributed by atoms with Gasteiger partial charge in [-0.2, -0.15) is 0 Å². The average molecular weight is 343 g/mol. The van der Waals surface area contributed by atoms with E-state index in [1.54, 1.807) is 11.3 Å². The Morgan fingerprint density at radius 1 is 1.41 bits per heavy atom. The van der Waals surface area contributed by atoms with E-state index in [1.165, 1.54) is 0 Å². The third kappa shape index (κ3) is 4.43. The van der Waals surface area contributed by atoms with Gasteiger partial charge in [0, 0.05) is 16.1 Å². The van der Waals surface area contributed by atoms with Crippen LogP contribution in [0.25, 0.3) is 10.1 Å². The molecule has 3 atom stereocenters. The Hall–Kier alpha value is -1.14. The quantitative estimate of drug-likeness (QED) is 0.755. The van der Waals surface area contributed by atoms with Crippen LogP contribution in [0, 0.1) is 5.92 Å². The fraction of sp³-hybridized carbons (Fsp3) is 0.438. The summed E-state index contributed by atoms with van der Waals surface area (Å²) in [4.78, 5) is 12.8. The monoisotopic (exact) mass is 342 g/mol. The standard InChI is InChI=1S/C16H22N2O2S.ClH/c1-3-10(2)15(17)16(20)18-9-12(19)14-8-11-6-4-5-7-13(11)21-14;/h4-8,10,12,15,19H,3,9,17H2,1-2H3,(H,18,20);1H. The van der Waals surface area contributed by atoms with E-state index in [0.29, 0.717) is 0 Å². The van der Waals surface area contributed by atoms with Gasteiger partial charge in [-0.05, 0) is 23.4 Å². The first-order valence-electron chi connectivity index (χ1n) is 7.22. The lowest BCUT2D eigenvalue weighted by atomic mass is 9.99. The molecule has 0 aliphatic carbocycles. The minimum Gasteiger partial charge on any atom is -0.386 e. The first kappa shape index (κ1) is 18.9. The number of rotatable bonds is 6. The van der Waals surface area contributed by atoms with Crippen LogP contribution in [-0.4, -0.2) is 23.6 Å². The summed E-state index contributed by atoms with van der Waals surface area (Å²) in [6.07, 6.45) is 0.156. The Morgan fingerprint density at radius 2 is 2.09 bits per heavy atom. The molecule has 22 heavy (non-hydrogen) atoms. The molecule has 0 bridgehead atoms. The second-order valence-electron chi connectivity index (χ2n) is 5.36. The number of nitrogens with one attached hydrogen (secondary N) is 1. The fourth-order valence-corrected chi connectivity index (χ4v) is 3.15. The molecule has 0 aliphatic heterocycles. The van der Waals surface area contributed by atoms with E-state index in [9.17, 15) is 9.90 Å². The Labute approximate surface area is 141 Å². The molecule has 1 amide bonds. The third-order valence-electron chi connectivity index (χ3n) is 3.80. The van der Waals surface area contributed by atoms with Crippen LogP contribution in [0.1, 0.15) is 31.2 Å². The largest absolute Gasteiger partial charge is 0.386 e. The van der Waals surface area contributed by atoms with E-state index >= 15 is 0 Å². The van der Waals surface area contributed by atoms with Gasteiger partial charge in [0.15, 0.2) is 0 Å². The topological polar surface area (TPSA) is 75.4 Å².